The van der Waals surface area contributed by atoms with Crippen LogP contribution < -0.4 is 0 Å². The standard InChI is InChI=1S/C15H9FN4O2/c16-10-5-2-1-4-9(10)14-17-15(22-20-14)12-8-11(18-19-12)13-6-3-7-21-13/h1-8H,(H,18,19). The third kappa shape index (κ3) is 2.08. The number of nitrogens with one attached hydrogen (secondary N) is 1. The van der Waals surface area contributed by atoms with Crippen molar-refractivity contribution in [1.82, 2.24) is 20.3 Å². The molecule has 0 aliphatic rings. The predicted octanol–water partition coefficient (Wildman–Crippen LogP) is 3.53. The highest BCUT2D eigenvalue weighted by Crippen LogP contribution is 2.25. The number of aromatic nitrogens is 4. The Hall–Kier alpha value is -3.22. The lowest BCUT2D eigenvalue weighted by molar-refractivity contribution is 0.430. The average molecular weight is 296 g/mol. The molecule has 0 bridgehead atoms. The number of H-pyrrole nitrogens is 1. The molecule has 0 radical (unpaired) electrons. The van der Waals surface area contributed by atoms with E-state index in [4.69, 9.17) is 8.94 Å². The zero-order valence-corrected chi connectivity index (χ0v) is 11.2. The fourth-order valence-corrected chi connectivity index (χ4v) is 2.07. The van der Waals surface area contributed by atoms with Crippen LogP contribution in [0.5, 0.6) is 0 Å². The Bertz CT molecular complexity index is 911. The molecule has 22 heavy (non-hydrogen) atoms. The topological polar surface area (TPSA) is 80.7 Å². The first-order valence-corrected chi connectivity index (χ1v) is 6.49. The molecule has 0 aliphatic heterocycles. The summed E-state index contributed by atoms with van der Waals surface area (Å²) < 4.78 is 24.1. The number of rotatable bonds is 3. The number of hydrogen-bond acceptors (Lipinski definition) is 5. The molecule has 3 aromatic heterocycles. The molecule has 7 heteroatoms. The maximum atomic E-state index is 13.7. The van der Waals surface area contributed by atoms with Gasteiger partial charge in [-0.05, 0) is 24.3 Å². The normalized spacial score (nSPS) is 11.0. The van der Waals surface area contributed by atoms with Gasteiger partial charge in [-0.2, -0.15) is 10.1 Å². The average Bonchev–Trinajstić information content (AvgIpc) is 3.27. The van der Waals surface area contributed by atoms with Crippen LogP contribution >= 0.6 is 0 Å². The van der Waals surface area contributed by atoms with Gasteiger partial charge in [-0.25, -0.2) is 4.39 Å². The Labute approximate surface area is 123 Å². The van der Waals surface area contributed by atoms with Crippen LogP contribution in [-0.2, 0) is 0 Å². The zero-order chi connectivity index (χ0) is 14.9. The minimum absolute atomic E-state index is 0.183. The van der Waals surface area contributed by atoms with Crippen molar-refractivity contribution in [2.24, 2.45) is 0 Å². The van der Waals surface area contributed by atoms with Gasteiger partial charge in [0.15, 0.2) is 5.76 Å². The summed E-state index contributed by atoms with van der Waals surface area (Å²) in [6.45, 7) is 0. The lowest BCUT2D eigenvalue weighted by atomic mass is 10.2. The molecule has 4 rings (SSSR count). The van der Waals surface area contributed by atoms with Crippen molar-refractivity contribution in [3.8, 4) is 34.4 Å². The lowest BCUT2D eigenvalue weighted by Crippen LogP contribution is -1.85. The highest BCUT2D eigenvalue weighted by molar-refractivity contribution is 5.62. The smallest absolute Gasteiger partial charge is 0.276 e. The molecular weight excluding hydrogens is 287 g/mol. The van der Waals surface area contributed by atoms with Crippen LogP contribution in [0.4, 0.5) is 4.39 Å². The van der Waals surface area contributed by atoms with Gasteiger partial charge in [0, 0.05) is 6.07 Å². The van der Waals surface area contributed by atoms with Crippen molar-refractivity contribution in [3.63, 3.8) is 0 Å². The van der Waals surface area contributed by atoms with Crippen molar-refractivity contribution >= 4 is 0 Å². The molecule has 0 unspecified atom stereocenters. The number of benzene rings is 1. The first kappa shape index (κ1) is 12.5. The molecule has 0 fully saturated rings. The van der Waals surface area contributed by atoms with Crippen LogP contribution in [0.3, 0.4) is 0 Å². The van der Waals surface area contributed by atoms with Gasteiger partial charge in [0.25, 0.3) is 5.89 Å². The summed E-state index contributed by atoms with van der Waals surface area (Å²) in [6.07, 6.45) is 1.56. The molecule has 0 amide bonds. The van der Waals surface area contributed by atoms with Crippen molar-refractivity contribution in [1.29, 1.82) is 0 Å². The molecule has 0 saturated heterocycles. The first-order valence-electron chi connectivity index (χ1n) is 6.49. The summed E-state index contributed by atoms with van der Waals surface area (Å²) in [5.74, 6) is 0.623. The maximum Gasteiger partial charge on any atom is 0.276 e. The van der Waals surface area contributed by atoms with Gasteiger partial charge in [0.05, 0.1) is 11.8 Å². The second-order valence-electron chi connectivity index (χ2n) is 4.55. The highest BCUT2D eigenvalue weighted by atomic mass is 19.1. The Balaban J connectivity index is 1.69. The van der Waals surface area contributed by atoms with Crippen molar-refractivity contribution in [2.45, 2.75) is 0 Å². The molecule has 0 atom stereocenters. The van der Waals surface area contributed by atoms with Crippen LogP contribution in [0.2, 0.25) is 0 Å². The Morgan fingerprint density at radius 1 is 1.09 bits per heavy atom. The summed E-state index contributed by atoms with van der Waals surface area (Å²) in [5.41, 5.74) is 1.43. The van der Waals surface area contributed by atoms with E-state index in [0.29, 0.717) is 17.1 Å². The zero-order valence-electron chi connectivity index (χ0n) is 11.2. The summed E-state index contributed by atoms with van der Waals surface area (Å²) in [4.78, 5) is 4.19. The van der Waals surface area contributed by atoms with Gasteiger partial charge >= 0.3 is 0 Å². The van der Waals surface area contributed by atoms with Crippen LogP contribution in [0.1, 0.15) is 0 Å². The summed E-state index contributed by atoms with van der Waals surface area (Å²) in [7, 11) is 0. The van der Waals surface area contributed by atoms with Gasteiger partial charge in [0.2, 0.25) is 5.82 Å². The monoisotopic (exact) mass is 296 g/mol. The molecule has 1 N–H and O–H groups in total. The number of nitrogens with zero attached hydrogens (tertiary/aromatic N) is 3. The van der Waals surface area contributed by atoms with Crippen LogP contribution in [0.15, 0.2) is 57.7 Å². The molecule has 0 aliphatic carbocycles. The number of hydrogen-bond donors (Lipinski definition) is 1. The fraction of sp³-hybridized carbons (Fsp3) is 0. The van der Waals surface area contributed by atoms with Crippen LogP contribution in [0, 0.1) is 5.82 Å². The number of furan rings is 1. The quantitative estimate of drug-likeness (QED) is 0.625. The maximum absolute atomic E-state index is 13.7. The van der Waals surface area contributed by atoms with E-state index in [9.17, 15) is 4.39 Å². The highest BCUT2D eigenvalue weighted by Gasteiger charge is 2.16. The first-order chi connectivity index (χ1) is 10.8. The van der Waals surface area contributed by atoms with E-state index in [1.165, 1.54) is 6.07 Å². The van der Waals surface area contributed by atoms with Gasteiger partial charge in [0.1, 0.15) is 17.2 Å². The third-order valence-electron chi connectivity index (χ3n) is 3.12. The van der Waals surface area contributed by atoms with Gasteiger partial charge in [-0.3, -0.25) is 5.10 Å². The van der Waals surface area contributed by atoms with Gasteiger partial charge in [-0.15, -0.1) is 0 Å². The van der Waals surface area contributed by atoms with Crippen molar-refractivity contribution < 1.29 is 13.3 Å². The Morgan fingerprint density at radius 3 is 2.82 bits per heavy atom. The van der Waals surface area contributed by atoms with Crippen molar-refractivity contribution in [3.05, 3.63) is 54.5 Å². The number of aromatic amines is 1. The van der Waals surface area contributed by atoms with E-state index < -0.39 is 5.82 Å². The van der Waals surface area contributed by atoms with E-state index in [2.05, 4.69) is 20.3 Å². The molecule has 108 valence electrons. The Morgan fingerprint density at radius 2 is 2.00 bits per heavy atom. The fourth-order valence-electron chi connectivity index (χ4n) is 2.07. The van der Waals surface area contributed by atoms with Crippen LogP contribution in [-0.4, -0.2) is 20.3 Å². The van der Waals surface area contributed by atoms with E-state index in [0.717, 1.165) is 0 Å². The molecule has 1 aromatic carbocycles. The lowest BCUT2D eigenvalue weighted by Gasteiger charge is -1.94. The summed E-state index contributed by atoms with van der Waals surface area (Å²) >= 11 is 0. The molecule has 0 spiro atoms. The summed E-state index contributed by atoms with van der Waals surface area (Å²) in [5, 5.41) is 10.7. The number of halogens is 1. The second-order valence-corrected chi connectivity index (χ2v) is 4.55. The SMILES string of the molecule is Fc1ccccc1-c1noc(-c2cc(-c3ccco3)n[nH]2)n1. The minimum atomic E-state index is -0.407. The largest absolute Gasteiger partial charge is 0.463 e. The molecule has 6 nitrogen and oxygen atoms in total. The minimum Gasteiger partial charge on any atom is -0.463 e. The Kier molecular flexibility index (Phi) is 2.82. The predicted molar refractivity (Wildman–Crippen MR) is 75.0 cm³/mol. The second kappa shape index (κ2) is 4.96. The third-order valence-corrected chi connectivity index (χ3v) is 3.12. The van der Waals surface area contributed by atoms with Gasteiger partial charge < -0.3 is 8.94 Å². The van der Waals surface area contributed by atoms with E-state index >= 15 is 0 Å². The van der Waals surface area contributed by atoms with Gasteiger partial charge in [-0.1, -0.05) is 17.3 Å². The van der Waals surface area contributed by atoms with E-state index in [1.54, 1.807) is 42.7 Å². The summed E-state index contributed by atoms with van der Waals surface area (Å²) in [6, 6.07) is 11.5. The molecule has 3 heterocycles. The van der Waals surface area contributed by atoms with E-state index in [1.807, 2.05) is 0 Å². The molecule has 0 saturated carbocycles. The molecule has 4 aromatic rings. The van der Waals surface area contributed by atoms with Crippen LogP contribution in [0.25, 0.3) is 34.4 Å². The van der Waals surface area contributed by atoms with E-state index in [-0.39, 0.29) is 17.3 Å². The molecular formula is C15H9FN4O2. The van der Waals surface area contributed by atoms with Crippen molar-refractivity contribution in [2.75, 3.05) is 0 Å².